The van der Waals surface area contributed by atoms with Gasteiger partial charge in [-0.2, -0.15) is 0 Å². The molecule has 13 nitrogen and oxygen atoms in total. The minimum atomic E-state index is -0.654. The number of aromatic amines is 2. The summed E-state index contributed by atoms with van der Waals surface area (Å²) in [6, 6.07) is 11.5. The summed E-state index contributed by atoms with van der Waals surface area (Å²) in [4.78, 5) is 56.1. The van der Waals surface area contributed by atoms with Crippen molar-refractivity contribution in [3.8, 4) is 24.7 Å². The Kier molecular flexibility index (Phi) is 30.6. The number of amides is 3. The second-order valence-corrected chi connectivity index (χ2v) is 12.0. The first kappa shape index (κ1) is 53.9. The van der Waals surface area contributed by atoms with Gasteiger partial charge in [0.15, 0.2) is 5.88 Å². The molecule has 13 heteroatoms. The number of benzene rings is 2. The van der Waals surface area contributed by atoms with E-state index < -0.39 is 6.09 Å². The Labute approximate surface area is 347 Å². The fourth-order valence-corrected chi connectivity index (χ4v) is 4.75. The normalized spacial score (nSPS) is 9.24. The minimum Gasteiger partial charge on any atom is -0.483 e. The summed E-state index contributed by atoms with van der Waals surface area (Å²) in [7, 11) is 2.75. The van der Waals surface area contributed by atoms with Gasteiger partial charge < -0.3 is 39.9 Å². The standard InChI is InChI=1S/C33H40N8O5.2C3H8.C2H6.C2H4.C2H2/c1-6-14-40(31(42)18-34-22(3)45-4)20-29-36-25-12-10-23(16-27(25)38-29)8-9-24-11-13-26-28(17-24)39-30(37-26)21-41(15-7-2)32(43)19-35-33(44)46-5;2*1-3-2;3*1-2/h10-13,16-17,34H,3,6-7,14-15,18-21H2,1-2,4-5H3,(H,35,44)(H,36,38)(H,37,39);2*3H2,1-2H3;1-2H3;1-2H2;1-2H. The van der Waals surface area contributed by atoms with Gasteiger partial charge in [0.25, 0.3) is 0 Å². The number of alkyl carbamates (subject to hydrolysis) is 1. The number of nitrogens with zero attached hydrogens (tertiary/aromatic N) is 4. The van der Waals surface area contributed by atoms with Gasteiger partial charge in [-0.1, -0.05) is 80.1 Å². The third-order valence-electron chi connectivity index (χ3n) is 7.04. The van der Waals surface area contributed by atoms with Gasteiger partial charge in [-0.15, -0.1) is 26.0 Å². The highest BCUT2D eigenvalue weighted by atomic mass is 16.5. The number of fused-ring (bicyclic) bond motifs is 2. The van der Waals surface area contributed by atoms with E-state index in [2.05, 4.69) is 107 Å². The van der Waals surface area contributed by atoms with Crippen LogP contribution in [0.4, 0.5) is 4.79 Å². The van der Waals surface area contributed by atoms with Crippen LogP contribution in [0.5, 0.6) is 0 Å². The van der Waals surface area contributed by atoms with Crippen molar-refractivity contribution in [3.63, 3.8) is 0 Å². The van der Waals surface area contributed by atoms with Crippen molar-refractivity contribution < 1.29 is 23.9 Å². The molecule has 0 radical (unpaired) electrons. The summed E-state index contributed by atoms with van der Waals surface area (Å²) < 4.78 is 9.53. The molecule has 0 spiro atoms. The Bertz CT molecular complexity index is 1740. The Morgan fingerprint density at radius 3 is 1.43 bits per heavy atom. The number of nitrogens with one attached hydrogen (secondary N) is 4. The zero-order valence-electron chi connectivity index (χ0n) is 36.6. The average Bonchev–Trinajstić information content (AvgIpc) is 3.85. The molecule has 0 saturated carbocycles. The molecule has 4 rings (SSSR count). The lowest BCUT2D eigenvalue weighted by Crippen LogP contribution is -2.40. The van der Waals surface area contributed by atoms with Gasteiger partial charge in [0.05, 0.1) is 55.9 Å². The first-order valence-corrected chi connectivity index (χ1v) is 19.7. The largest absolute Gasteiger partial charge is 0.483 e. The monoisotopic (exact) mass is 801 g/mol. The molecule has 0 unspecified atom stereocenters. The molecule has 2 aromatic heterocycles. The van der Waals surface area contributed by atoms with Gasteiger partial charge in [0, 0.05) is 24.2 Å². The highest BCUT2D eigenvalue weighted by Gasteiger charge is 2.17. The molecule has 0 atom stereocenters. The molecule has 318 valence electrons. The van der Waals surface area contributed by atoms with Crippen LogP contribution in [0.3, 0.4) is 0 Å². The molecule has 4 N–H and O–H groups in total. The molecular formula is C45H68N8O5. The number of hydrogen-bond donors (Lipinski definition) is 4. The van der Waals surface area contributed by atoms with Crippen LogP contribution < -0.4 is 10.6 Å². The molecule has 2 heterocycles. The lowest BCUT2D eigenvalue weighted by molar-refractivity contribution is -0.131. The fraction of sp³-hybridized carbons (Fsp3) is 0.444. The van der Waals surface area contributed by atoms with Crippen molar-refractivity contribution in [2.45, 2.75) is 94.2 Å². The number of methoxy groups -OCH3 is 2. The predicted octanol–water partition coefficient (Wildman–Crippen LogP) is 8.29. The number of ether oxygens (including phenoxy) is 2. The summed E-state index contributed by atoms with van der Waals surface area (Å²) in [6.45, 7) is 27.9. The van der Waals surface area contributed by atoms with E-state index in [1.165, 1.54) is 27.1 Å². The van der Waals surface area contributed by atoms with E-state index in [0.29, 0.717) is 37.2 Å². The molecular weight excluding hydrogens is 733 g/mol. The molecule has 0 aliphatic carbocycles. The lowest BCUT2D eigenvalue weighted by atomic mass is 10.1. The number of carbonyl (C=O) groups is 3. The van der Waals surface area contributed by atoms with Crippen LogP contribution in [-0.2, 0) is 32.2 Å². The molecule has 0 saturated heterocycles. The van der Waals surface area contributed by atoms with E-state index >= 15 is 0 Å². The first-order chi connectivity index (χ1) is 28.0. The molecule has 2 aromatic carbocycles. The number of rotatable bonds is 14. The van der Waals surface area contributed by atoms with Crippen molar-refractivity contribution in [2.75, 3.05) is 40.4 Å². The van der Waals surface area contributed by atoms with Crippen LogP contribution in [0.15, 0.2) is 62.0 Å². The van der Waals surface area contributed by atoms with Crippen LogP contribution in [0.1, 0.15) is 104 Å². The summed E-state index contributed by atoms with van der Waals surface area (Å²) in [6.07, 6.45) is 11.4. The van der Waals surface area contributed by atoms with Gasteiger partial charge in [0.2, 0.25) is 11.8 Å². The molecule has 0 bridgehead atoms. The predicted molar refractivity (Wildman–Crippen MR) is 239 cm³/mol. The third kappa shape index (κ3) is 20.1. The van der Waals surface area contributed by atoms with Gasteiger partial charge in [0.1, 0.15) is 18.2 Å². The van der Waals surface area contributed by atoms with Crippen LogP contribution in [0, 0.1) is 24.7 Å². The topological polar surface area (TPSA) is 158 Å². The van der Waals surface area contributed by atoms with E-state index in [9.17, 15) is 14.4 Å². The second-order valence-electron chi connectivity index (χ2n) is 12.0. The highest BCUT2D eigenvalue weighted by Crippen LogP contribution is 2.17. The number of H-pyrrole nitrogens is 2. The van der Waals surface area contributed by atoms with E-state index in [1.54, 1.807) is 9.80 Å². The van der Waals surface area contributed by atoms with Gasteiger partial charge in [-0.05, 0) is 55.8 Å². The van der Waals surface area contributed by atoms with Crippen molar-refractivity contribution >= 4 is 40.0 Å². The van der Waals surface area contributed by atoms with Crippen LogP contribution in [0.2, 0.25) is 0 Å². The van der Waals surface area contributed by atoms with Crippen LogP contribution in [0.25, 0.3) is 22.1 Å². The summed E-state index contributed by atoms with van der Waals surface area (Å²) in [5.41, 5.74) is 4.80. The Balaban J connectivity index is 0. The molecule has 0 aliphatic rings. The van der Waals surface area contributed by atoms with E-state index in [0.717, 1.165) is 46.0 Å². The minimum absolute atomic E-state index is 0.0758. The zero-order valence-corrected chi connectivity index (χ0v) is 36.6. The number of imidazole rings is 2. The van der Waals surface area contributed by atoms with Crippen molar-refractivity contribution in [3.05, 3.63) is 84.8 Å². The molecule has 4 aromatic rings. The summed E-state index contributed by atoms with van der Waals surface area (Å²) in [5, 5.41) is 5.29. The van der Waals surface area contributed by atoms with Gasteiger partial charge in [-0.25, -0.2) is 14.8 Å². The summed E-state index contributed by atoms with van der Waals surface area (Å²) >= 11 is 0. The van der Waals surface area contributed by atoms with Gasteiger partial charge >= 0.3 is 6.09 Å². The van der Waals surface area contributed by atoms with Crippen LogP contribution >= 0.6 is 0 Å². The molecule has 0 aliphatic heterocycles. The van der Waals surface area contributed by atoms with E-state index in [1.807, 2.05) is 64.1 Å². The highest BCUT2D eigenvalue weighted by molar-refractivity contribution is 5.83. The van der Waals surface area contributed by atoms with Gasteiger partial charge in [-0.3, -0.25) is 9.59 Å². The van der Waals surface area contributed by atoms with Crippen LogP contribution in [-0.4, -0.2) is 88.0 Å². The SMILES string of the molecule is C#C.C=C.C=C(NCC(=O)N(CCC)Cc1nc2ccc(C#Cc3ccc4nc(CN(CCC)C(=O)CNC(=O)OC)[nH]c4c3)cc2[nH]1)OC.CC.CCC.CCC. The zero-order chi connectivity index (χ0) is 44.5. The Morgan fingerprint density at radius 1 is 0.707 bits per heavy atom. The third-order valence-corrected chi connectivity index (χ3v) is 7.04. The number of aromatic nitrogens is 4. The first-order valence-electron chi connectivity index (χ1n) is 19.7. The quantitative estimate of drug-likeness (QED) is 0.0564. The maximum atomic E-state index is 12.8. The maximum Gasteiger partial charge on any atom is 0.407 e. The fourth-order valence-electron chi connectivity index (χ4n) is 4.75. The lowest BCUT2D eigenvalue weighted by Gasteiger charge is -2.21. The number of hydrogen-bond acceptors (Lipinski definition) is 8. The smallest absolute Gasteiger partial charge is 0.407 e. The molecule has 3 amide bonds. The van der Waals surface area contributed by atoms with E-state index in [-0.39, 0.29) is 31.4 Å². The van der Waals surface area contributed by atoms with Crippen molar-refractivity contribution in [1.29, 1.82) is 0 Å². The molecule has 58 heavy (non-hydrogen) atoms. The Hall–Kier alpha value is -6.21. The summed E-state index contributed by atoms with van der Waals surface area (Å²) in [5.74, 6) is 7.79. The van der Waals surface area contributed by atoms with E-state index in [4.69, 9.17) is 4.74 Å². The van der Waals surface area contributed by atoms with Crippen molar-refractivity contribution in [1.82, 2.24) is 40.4 Å². The Morgan fingerprint density at radius 2 is 1.09 bits per heavy atom. The molecule has 0 fully saturated rings. The van der Waals surface area contributed by atoms with Crippen molar-refractivity contribution in [2.24, 2.45) is 0 Å². The second kappa shape index (κ2) is 33.0. The number of carbonyl (C=O) groups excluding carboxylic acids is 3. The maximum absolute atomic E-state index is 12.8. The average molecular weight is 801 g/mol. The number of terminal acetylenes is 1.